The Balaban J connectivity index is 0.00000208. The van der Waals surface area contributed by atoms with Gasteiger partial charge >= 0.3 is 0 Å². The number of morpholine rings is 1. The number of hydrogen-bond acceptors (Lipinski definition) is 5. The van der Waals surface area contributed by atoms with Gasteiger partial charge in [0.1, 0.15) is 11.8 Å². The van der Waals surface area contributed by atoms with E-state index < -0.39 is 0 Å². The number of nitrogens with zero attached hydrogens (tertiary/aromatic N) is 2. The lowest BCUT2D eigenvalue weighted by Crippen LogP contribution is -2.42. The normalized spacial score (nSPS) is 17.4. The van der Waals surface area contributed by atoms with Crippen LogP contribution in [0.5, 0.6) is 0 Å². The monoisotopic (exact) mass is 431 g/mol. The smallest absolute Gasteiger partial charge is 0.273 e. The molecule has 2 N–H and O–H groups in total. The topological polar surface area (TPSA) is 68.5 Å². The average molecular weight is 433 g/mol. The van der Waals surface area contributed by atoms with Crippen molar-refractivity contribution in [3.05, 3.63) is 50.4 Å². The number of amides is 1. The van der Waals surface area contributed by atoms with Crippen molar-refractivity contribution in [1.29, 1.82) is 0 Å². The Bertz CT molecular complexity index is 697. The van der Waals surface area contributed by atoms with E-state index in [-0.39, 0.29) is 24.4 Å². The van der Waals surface area contributed by atoms with Gasteiger partial charge in [-0.3, -0.25) is 4.79 Å². The van der Waals surface area contributed by atoms with Gasteiger partial charge in [0.15, 0.2) is 0 Å². The minimum absolute atomic E-state index is 0. The third-order valence-electron chi connectivity index (χ3n) is 3.70. The SMILES string of the molecule is Cl.NCCc1nc(C(=O)N2CCOC(c3cccc(Br)c3)C2)cs1. The molecule has 24 heavy (non-hydrogen) atoms. The summed E-state index contributed by atoms with van der Waals surface area (Å²) >= 11 is 4.96. The number of rotatable bonds is 4. The van der Waals surface area contributed by atoms with Gasteiger partial charge < -0.3 is 15.4 Å². The number of carbonyl (C=O) groups excluding carboxylic acids is 1. The van der Waals surface area contributed by atoms with Gasteiger partial charge in [0.25, 0.3) is 5.91 Å². The summed E-state index contributed by atoms with van der Waals surface area (Å²) in [5, 5.41) is 2.73. The Morgan fingerprint density at radius 2 is 2.33 bits per heavy atom. The van der Waals surface area contributed by atoms with Crippen LogP contribution in [0.15, 0.2) is 34.1 Å². The van der Waals surface area contributed by atoms with Crippen LogP contribution in [0.3, 0.4) is 0 Å². The quantitative estimate of drug-likeness (QED) is 0.806. The average Bonchev–Trinajstić information content (AvgIpc) is 3.03. The van der Waals surface area contributed by atoms with E-state index in [0.717, 1.165) is 15.0 Å². The Morgan fingerprint density at radius 3 is 3.08 bits per heavy atom. The Morgan fingerprint density at radius 1 is 1.50 bits per heavy atom. The molecule has 0 spiro atoms. The van der Waals surface area contributed by atoms with Crippen LogP contribution in [0.25, 0.3) is 0 Å². The van der Waals surface area contributed by atoms with Crippen molar-refractivity contribution in [3.63, 3.8) is 0 Å². The minimum atomic E-state index is -0.104. The Hall–Kier alpha value is -0.990. The molecule has 0 bridgehead atoms. The standard InChI is InChI=1S/C16H18BrN3O2S.ClH/c17-12-3-1-2-11(8-12)14-9-20(6-7-22-14)16(21)13-10-23-15(19-13)4-5-18;/h1-3,8,10,14H,4-7,9,18H2;1H. The fourth-order valence-corrected chi connectivity index (χ4v) is 3.76. The lowest BCUT2D eigenvalue weighted by Gasteiger charge is -2.32. The number of benzene rings is 1. The number of halogens is 2. The van der Waals surface area contributed by atoms with Crippen LogP contribution in [0.1, 0.15) is 27.2 Å². The van der Waals surface area contributed by atoms with Crippen molar-refractivity contribution >= 4 is 45.6 Å². The number of carbonyl (C=O) groups is 1. The highest BCUT2D eigenvalue weighted by atomic mass is 79.9. The molecule has 1 atom stereocenters. The predicted octanol–water partition coefficient (Wildman–Crippen LogP) is 3.04. The molecule has 1 aliphatic heterocycles. The number of nitrogens with two attached hydrogens (primary N) is 1. The van der Waals surface area contributed by atoms with Crippen LogP contribution in [-0.2, 0) is 11.2 Å². The lowest BCUT2D eigenvalue weighted by atomic mass is 10.1. The molecule has 1 unspecified atom stereocenters. The first kappa shape index (κ1) is 19.3. The maximum atomic E-state index is 12.6. The molecule has 1 amide bonds. The minimum Gasteiger partial charge on any atom is -0.370 e. The summed E-state index contributed by atoms with van der Waals surface area (Å²) in [7, 11) is 0. The van der Waals surface area contributed by atoms with E-state index in [2.05, 4.69) is 20.9 Å². The molecule has 1 aromatic heterocycles. The van der Waals surface area contributed by atoms with Crippen LogP contribution in [0, 0.1) is 0 Å². The van der Waals surface area contributed by atoms with Gasteiger partial charge in [-0.05, 0) is 24.2 Å². The van der Waals surface area contributed by atoms with Crippen molar-refractivity contribution in [2.45, 2.75) is 12.5 Å². The highest BCUT2D eigenvalue weighted by Gasteiger charge is 2.27. The van der Waals surface area contributed by atoms with Crippen LogP contribution in [0.4, 0.5) is 0 Å². The maximum absolute atomic E-state index is 12.6. The zero-order valence-electron chi connectivity index (χ0n) is 13.0. The molecule has 1 fully saturated rings. The third-order valence-corrected chi connectivity index (χ3v) is 5.11. The second-order valence-electron chi connectivity index (χ2n) is 5.33. The first-order valence-corrected chi connectivity index (χ1v) is 9.15. The molecule has 8 heteroatoms. The molecule has 130 valence electrons. The molecule has 0 radical (unpaired) electrons. The molecule has 1 aliphatic rings. The van der Waals surface area contributed by atoms with Crippen molar-refractivity contribution in [2.24, 2.45) is 5.73 Å². The number of thiazole rings is 1. The largest absolute Gasteiger partial charge is 0.370 e. The van der Waals surface area contributed by atoms with Gasteiger partial charge in [-0.15, -0.1) is 23.7 Å². The zero-order chi connectivity index (χ0) is 16.2. The maximum Gasteiger partial charge on any atom is 0.273 e. The highest BCUT2D eigenvalue weighted by Crippen LogP contribution is 2.25. The van der Waals surface area contributed by atoms with Gasteiger partial charge in [-0.1, -0.05) is 28.1 Å². The summed E-state index contributed by atoms with van der Waals surface area (Å²) in [4.78, 5) is 18.8. The van der Waals surface area contributed by atoms with E-state index in [4.69, 9.17) is 10.5 Å². The first-order valence-electron chi connectivity index (χ1n) is 7.48. The van der Waals surface area contributed by atoms with Crippen LogP contribution in [-0.4, -0.2) is 42.0 Å². The second-order valence-corrected chi connectivity index (χ2v) is 7.19. The summed E-state index contributed by atoms with van der Waals surface area (Å²) in [5.74, 6) is -0.0344. The molecule has 5 nitrogen and oxygen atoms in total. The first-order chi connectivity index (χ1) is 11.2. The highest BCUT2D eigenvalue weighted by molar-refractivity contribution is 9.10. The van der Waals surface area contributed by atoms with Crippen LogP contribution in [0.2, 0.25) is 0 Å². The molecular weight excluding hydrogens is 414 g/mol. The summed E-state index contributed by atoms with van der Waals surface area (Å²) in [6, 6.07) is 8.00. The van der Waals surface area contributed by atoms with Gasteiger partial charge in [0.2, 0.25) is 0 Å². The fraction of sp³-hybridized carbons (Fsp3) is 0.375. The van der Waals surface area contributed by atoms with Crippen molar-refractivity contribution < 1.29 is 9.53 Å². The van der Waals surface area contributed by atoms with Crippen molar-refractivity contribution in [1.82, 2.24) is 9.88 Å². The van der Waals surface area contributed by atoms with E-state index >= 15 is 0 Å². The fourth-order valence-electron chi connectivity index (χ4n) is 2.55. The van der Waals surface area contributed by atoms with E-state index in [0.29, 0.717) is 38.4 Å². The van der Waals surface area contributed by atoms with E-state index in [9.17, 15) is 4.79 Å². The van der Waals surface area contributed by atoms with Crippen LogP contribution >= 0.6 is 39.7 Å². The zero-order valence-corrected chi connectivity index (χ0v) is 16.2. The summed E-state index contributed by atoms with van der Waals surface area (Å²) in [6.45, 7) is 2.21. The van der Waals surface area contributed by atoms with Gasteiger partial charge in [0, 0.05) is 22.8 Å². The van der Waals surface area contributed by atoms with Crippen molar-refractivity contribution in [3.8, 4) is 0 Å². The molecule has 3 rings (SSSR count). The summed E-state index contributed by atoms with van der Waals surface area (Å²) in [6.07, 6.45) is 0.606. The van der Waals surface area contributed by atoms with E-state index in [1.54, 1.807) is 0 Å². The molecule has 1 aromatic carbocycles. The molecular formula is C16H19BrClN3O2S. The Kier molecular flexibility index (Phi) is 7.18. The van der Waals surface area contributed by atoms with Gasteiger partial charge in [-0.25, -0.2) is 4.98 Å². The second kappa shape index (κ2) is 8.92. The van der Waals surface area contributed by atoms with Gasteiger partial charge in [0.05, 0.1) is 18.2 Å². The van der Waals surface area contributed by atoms with E-state index in [1.165, 1.54) is 11.3 Å². The summed E-state index contributed by atoms with van der Waals surface area (Å²) < 4.78 is 6.84. The predicted molar refractivity (Wildman–Crippen MR) is 101 cm³/mol. The van der Waals surface area contributed by atoms with Gasteiger partial charge in [-0.2, -0.15) is 0 Å². The lowest BCUT2D eigenvalue weighted by molar-refractivity contribution is -0.0230. The summed E-state index contributed by atoms with van der Waals surface area (Å²) in [5.41, 5.74) is 7.11. The molecule has 2 heterocycles. The molecule has 0 saturated carbocycles. The molecule has 0 aliphatic carbocycles. The molecule has 1 saturated heterocycles. The number of hydrogen-bond donors (Lipinski definition) is 1. The number of aromatic nitrogens is 1. The molecule has 2 aromatic rings. The van der Waals surface area contributed by atoms with Crippen LogP contribution < -0.4 is 5.73 Å². The third kappa shape index (κ3) is 4.55. The number of ether oxygens (including phenoxy) is 1. The van der Waals surface area contributed by atoms with Crippen molar-refractivity contribution in [2.75, 3.05) is 26.2 Å². The Labute approximate surface area is 159 Å². The van der Waals surface area contributed by atoms with E-state index in [1.807, 2.05) is 34.5 Å².